The van der Waals surface area contributed by atoms with Crippen molar-refractivity contribution in [2.75, 3.05) is 0 Å². The Labute approximate surface area is 227 Å². The van der Waals surface area contributed by atoms with Gasteiger partial charge in [-0.15, -0.1) is 0 Å². The number of hydrogen-bond donors (Lipinski definition) is 1. The summed E-state index contributed by atoms with van der Waals surface area (Å²) in [6, 6.07) is 38.9. The molecule has 6 heteroatoms. The van der Waals surface area contributed by atoms with Crippen molar-refractivity contribution in [3.63, 3.8) is 0 Å². The second kappa shape index (κ2) is 12.2. The molecular formula is C33H26N4O2. The number of ether oxygens (including phenoxy) is 1. The quantitative estimate of drug-likeness (QED) is 0.185. The van der Waals surface area contributed by atoms with E-state index in [4.69, 9.17) is 9.84 Å². The van der Waals surface area contributed by atoms with Crippen molar-refractivity contribution < 1.29 is 9.53 Å². The number of nitriles is 1. The molecule has 1 aromatic heterocycles. The van der Waals surface area contributed by atoms with Crippen molar-refractivity contribution in [1.82, 2.24) is 15.1 Å². The fraction of sp³-hybridized carbons (Fsp3) is 0.0606. The van der Waals surface area contributed by atoms with Crippen molar-refractivity contribution in [3.05, 3.63) is 144 Å². The molecule has 4 aromatic carbocycles. The number of hydrogen-bond acceptors (Lipinski definition) is 4. The Hall–Kier alpha value is -5.41. The van der Waals surface area contributed by atoms with E-state index >= 15 is 0 Å². The Morgan fingerprint density at radius 2 is 1.54 bits per heavy atom. The third kappa shape index (κ3) is 6.48. The largest absolute Gasteiger partial charge is 0.489 e. The van der Waals surface area contributed by atoms with E-state index in [0.717, 1.165) is 22.4 Å². The molecule has 0 bridgehead atoms. The molecule has 6 nitrogen and oxygen atoms in total. The number of nitrogens with one attached hydrogen (secondary N) is 1. The first-order chi connectivity index (χ1) is 19.2. The summed E-state index contributed by atoms with van der Waals surface area (Å²) in [6.07, 6.45) is 3.41. The Balaban J connectivity index is 1.46. The predicted molar refractivity (Wildman–Crippen MR) is 152 cm³/mol. The molecule has 190 valence electrons. The highest BCUT2D eigenvalue weighted by atomic mass is 16.5. The SMILES string of the molecule is N#CC(=Cc1cn(-c2ccccc2)nc1-c1cccc(OCc2ccccc2)c1)C(=O)NCc1ccccc1. The second-order valence-electron chi connectivity index (χ2n) is 8.85. The predicted octanol–water partition coefficient (Wildman–Crippen LogP) is 6.34. The number of carbonyl (C=O) groups is 1. The maximum Gasteiger partial charge on any atom is 0.262 e. The zero-order valence-electron chi connectivity index (χ0n) is 21.2. The highest BCUT2D eigenvalue weighted by Gasteiger charge is 2.16. The van der Waals surface area contributed by atoms with E-state index in [0.29, 0.717) is 30.2 Å². The highest BCUT2D eigenvalue weighted by Crippen LogP contribution is 2.29. The molecule has 0 spiro atoms. The summed E-state index contributed by atoms with van der Waals surface area (Å²) in [5.74, 6) is 0.251. The van der Waals surface area contributed by atoms with Gasteiger partial charge in [-0.2, -0.15) is 10.4 Å². The number of para-hydroxylation sites is 1. The number of nitrogens with zero attached hydrogens (tertiary/aromatic N) is 3. The second-order valence-corrected chi connectivity index (χ2v) is 8.85. The first kappa shape index (κ1) is 25.2. The Morgan fingerprint density at radius 3 is 2.23 bits per heavy atom. The fourth-order valence-electron chi connectivity index (χ4n) is 4.08. The molecule has 0 atom stereocenters. The molecule has 39 heavy (non-hydrogen) atoms. The van der Waals surface area contributed by atoms with Gasteiger partial charge in [0.1, 0.15) is 29.7 Å². The first-order valence-corrected chi connectivity index (χ1v) is 12.6. The molecule has 5 rings (SSSR count). The van der Waals surface area contributed by atoms with Crippen LogP contribution in [0.1, 0.15) is 16.7 Å². The van der Waals surface area contributed by atoms with Gasteiger partial charge in [-0.25, -0.2) is 4.68 Å². The summed E-state index contributed by atoms with van der Waals surface area (Å²) in [5, 5.41) is 17.5. The van der Waals surface area contributed by atoms with Crippen molar-refractivity contribution in [2.45, 2.75) is 13.2 Å². The molecule has 0 aliphatic heterocycles. The Bertz CT molecular complexity index is 1620. The molecule has 0 aliphatic rings. The molecule has 0 saturated heterocycles. The lowest BCUT2D eigenvalue weighted by molar-refractivity contribution is -0.117. The van der Waals surface area contributed by atoms with Gasteiger partial charge < -0.3 is 10.1 Å². The summed E-state index contributed by atoms with van der Waals surface area (Å²) >= 11 is 0. The van der Waals surface area contributed by atoms with Crippen LogP contribution < -0.4 is 10.1 Å². The van der Waals surface area contributed by atoms with Gasteiger partial charge in [0.25, 0.3) is 5.91 Å². The normalized spacial score (nSPS) is 11.0. The van der Waals surface area contributed by atoms with Crippen molar-refractivity contribution >= 4 is 12.0 Å². The van der Waals surface area contributed by atoms with E-state index in [9.17, 15) is 10.1 Å². The number of amides is 1. The van der Waals surface area contributed by atoms with E-state index in [1.807, 2.05) is 121 Å². The average molecular weight is 511 g/mol. The molecule has 1 heterocycles. The lowest BCUT2D eigenvalue weighted by atomic mass is 10.1. The summed E-state index contributed by atoms with van der Waals surface area (Å²) < 4.78 is 7.78. The van der Waals surface area contributed by atoms with Crippen LogP contribution in [0, 0.1) is 11.3 Å². The Morgan fingerprint density at radius 1 is 0.872 bits per heavy atom. The molecule has 0 fully saturated rings. The summed E-state index contributed by atoms with van der Waals surface area (Å²) in [4.78, 5) is 12.9. The number of carbonyl (C=O) groups excluding carboxylic acids is 1. The van der Waals surface area contributed by atoms with Gasteiger partial charge in [0.05, 0.1) is 5.69 Å². The van der Waals surface area contributed by atoms with Gasteiger partial charge in [-0.3, -0.25) is 4.79 Å². The van der Waals surface area contributed by atoms with Crippen LogP contribution in [0.3, 0.4) is 0 Å². The van der Waals surface area contributed by atoms with Crippen molar-refractivity contribution in [3.8, 4) is 28.8 Å². The van der Waals surface area contributed by atoms with E-state index in [2.05, 4.69) is 11.4 Å². The van der Waals surface area contributed by atoms with Crippen LogP contribution in [0.5, 0.6) is 5.75 Å². The topological polar surface area (TPSA) is 79.9 Å². The van der Waals surface area contributed by atoms with Crippen LogP contribution in [0.2, 0.25) is 0 Å². The summed E-state index contributed by atoms with van der Waals surface area (Å²) in [7, 11) is 0. The van der Waals surface area contributed by atoms with Crippen LogP contribution in [-0.2, 0) is 17.9 Å². The summed E-state index contributed by atoms with van der Waals surface area (Å²) in [5.41, 5.74) is 4.97. The first-order valence-electron chi connectivity index (χ1n) is 12.6. The van der Waals surface area contributed by atoms with E-state index in [-0.39, 0.29) is 5.57 Å². The third-order valence-corrected chi connectivity index (χ3v) is 6.08. The van der Waals surface area contributed by atoms with Crippen LogP contribution in [0.4, 0.5) is 0 Å². The minimum atomic E-state index is -0.445. The molecule has 5 aromatic rings. The van der Waals surface area contributed by atoms with Gasteiger partial charge in [0, 0.05) is 23.9 Å². The molecule has 0 aliphatic carbocycles. The lowest BCUT2D eigenvalue weighted by Gasteiger charge is -2.08. The van der Waals surface area contributed by atoms with Gasteiger partial charge in [0.15, 0.2) is 0 Å². The fourth-order valence-corrected chi connectivity index (χ4v) is 4.08. The van der Waals surface area contributed by atoms with E-state index in [1.165, 1.54) is 0 Å². The number of benzene rings is 4. The maximum atomic E-state index is 12.9. The van der Waals surface area contributed by atoms with Crippen LogP contribution in [0.25, 0.3) is 23.0 Å². The number of aromatic nitrogens is 2. The average Bonchev–Trinajstić information content (AvgIpc) is 3.43. The molecule has 1 amide bonds. The smallest absolute Gasteiger partial charge is 0.262 e. The van der Waals surface area contributed by atoms with E-state index in [1.54, 1.807) is 10.8 Å². The molecule has 0 unspecified atom stereocenters. The minimum Gasteiger partial charge on any atom is -0.489 e. The van der Waals surface area contributed by atoms with Gasteiger partial charge in [-0.1, -0.05) is 91.0 Å². The monoisotopic (exact) mass is 510 g/mol. The zero-order chi connectivity index (χ0) is 26.9. The standard InChI is InChI=1S/C33H26N4O2/c34-21-28(33(38)35-22-25-11-4-1-5-12-25)19-29-23-37(30-16-8-3-9-17-30)36-32(29)27-15-10-18-31(20-27)39-24-26-13-6-2-7-14-26/h1-20,23H,22,24H2,(H,35,38). The lowest BCUT2D eigenvalue weighted by Crippen LogP contribution is -2.23. The van der Waals surface area contributed by atoms with Crippen LogP contribution in [-0.4, -0.2) is 15.7 Å². The molecule has 1 N–H and O–H groups in total. The third-order valence-electron chi connectivity index (χ3n) is 6.08. The molecule has 0 radical (unpaired) electrons. The van der Waals surface area contributed by atoms with Gasteiger partial charge in [0.2, 0.25) is 0 Å². The number of rotatable bonds is 9. The zero-order valence-corrected chi connectivity index (χ0v) is 21.2. The Kier molecular flexibility index (Phi) is 7.91. The van der Waals surface area contributed by atoms with Crippen molar-refractivity contribution in [2.24, 2.45) is 0 Å². The highest BCUT2D eigenvalue weighted by molar-refractivity contribution is 6.02. The van der Waals surface area contributed by atoms with Gasteiger partial charge in [-0.05, 0) is 41.5 Å². The summed E-state index contributed by atoms with van der Waals surface area (Å²) in [6.45, 7) is 0.769. The van der Waals surface area contributed by atoms with Gasteiger partial charge >= 0.3 is 0 Å². The van der Waals surface area contributed by atoms with Crippen LogP contribution in [0.15, 0.2) is 127 Å². The van der Waals surface area contributed by atoms with Crippen molar-refractivity contribution in [1.29, 1.82) is 5.26 Å². The maximum absolute atomic E-state index is 12.9. The van der Waals surface area contributed by atoms with E-state index < -0.39 is 5.91 Å². The minimum absolute atomic E-state index is 0.00345. The van der Waals surface area contributed by atoms with Crippen LogP contribution >= 0.6 is 0 Å². The molecule has 0 saturated carbocycles. The molecular weight excluding hydrogens is 484 g/mol.